The largest absolute Gasteiger partial charge is 0.416 e. The van der Waals surface area contributed by atoms with Crippen LogP contribution in [0, 0.1) is 0 Å². The van der Waals surface area contributed by atoms with Gasteiger partial charge in [-0.05, 0) is 24.6 Å². The number of nitrogens with zero attached hydrogens (tertiary/aromatic N) is 4. The first-order chi connectivity index (χ1) is 11.4. The predicted octanol–water partition coefficient (Wildman–Crippen LogP) is 2.09. The quantitative estimate of drug-likeness (QED) is 0.646. The highest BCUT2D eigenvalue weighted by molar-refractivity contribution is 5.79. The first kappa shape index (κ1) is 17.8. The molecule has 130 valence electrons. The summed E-state index contributed by atoms with van der Waals surface area (Å²) in [6.45, 7) is 3.30. The Hall–Kier alpha value is -2.58. The van der Waals surface area contributed by atoms with Crippen molar-refractivity contribution in [2.45, 2.75) is 26.2 Å². The Bertz CT molecular complexity index is 675. The summed E-state index contributed by atoms with van der Waals surface area (Å²) in [6, 6.07) is 4.98. The lowest BCUT2D eigenvalue weighted by Gasteiger charge is -2.11. The van der Waals surface area contributed by atoms with Crippen LogP contribution in [0.4, 0.5) is 13.2 Å². The van der Waals surface area contributed by atoms with Crippen LogP contribution in [0.2, 0.25) is 0 Å². The molecule has 0 aliphatic rings. The van der Waals surface area contributed by atoms with Gasteiger partial charge >= 0.3 is 6.18 Å². The van der Waals surface area contributed by atoms with Crippen LogP contribution >= 0.6 is 0 Å². The fraction of sp³-hybridized carbons (Fsp3) is 0.400. The number of alkyl halides is 3. The molecule has 0 bridgehead atoms. The lowest BCUT2D eigenvalue weighted by molar-refractivity contribution is -0.137. The fourth-order valence-electron chi connectivity index (χ4n) is 1.95. The second-order valence-electron chi connectivity index (χ2n) is 5.04. The molecule has 0 unspecified atom stereocenters. The molecule has 0 aliphatic heterocycles. The number of aliphatic imine (C=N–C) groups is 1. The minimum absolute atomic E-state index is 0.270. The van der Waals surface area contributed by atoms with Crippen molar-refractivity contribution in [3.8, 4) is 0 Å². The van der Waals surface area contributed by atoms with Gasteiger partial charge in [0.2, 0.25) is 0 Å². The zero-order valence-electron chi connectivity index (χ0n) is 13.4. The van der Waals surface area contributed by atoms with Crippen LogP contribution in [0.15, 0.2) is 35.6 Å². The maximum absolute atomic E-state index is 12.5. The van der Waals surface area contributed by atoms with E-state index in [2.05, 4.69) is 25.7 Å². The van der Waals surface area contributed by atoms with E-state index in [1.165, 1.54) is 18.5 Å². The standard InChI is InChI=1S/C15H19F3N6/c1-3-19-14(21-9-13-22-10-23-24(13)2)20-8-11-4-6-12(7-5-11)15(16,17)18/h4-7,10H,3,8-9H2,1-2H3,(H2,19,20,21). The van der Waals surface area contributed by atoms with Gasteiger partial charge in [0.25, 0.3) is 0 Å². The van der Waals surface area contributed by atoms with Crippen LogP contribution in [0.25, 0.3) is 0 Å². The van der Waals surface area contributed by atoms with Crippen molar-refractivity contribution in [2.24, 2.45) is 12.0 Å². The summed E-state index contributed by atoms with van der Waals surface area (Å²) < 4.78 is 39.3. The van der Waals surface area contributed by atoms with Gasteiger partial charge in [-0.3, -0.25) is 4.68 Å². The van der Waals surface area contributed by atoms with Gasteiger partial charge in [0.1, 0.15) is 12.2 Å². The van der Waals surface area contributed by atoms with Crippen molar-refractivity contribution in [1.29, 1.82) is 0 Å². The average Bonchev–Trinajstić information content (AvgIpc) is 2.95. The maximum atomic E-state index is 12.5. The Kier molecular flexibility index (Phi) is 5.78. The molecule has 2 N–H and O–H groups in total. The number of rotatable bonds is 5. The summed E-state index contributed by atoms with van der Waals surface area (Å²) >= 11 is 0. The highest BCUT2D eigenvalue weighted by Crippen LogP contribution is 2.29. The molecule has 6 nitrogen and oxygen atoms in total. The van der Waals surface area contributed by atoms with Gasteiger partial charge in [0, 0.05) is 13.6 Å². The van der Waals surface area contributed by atoms with E-state index in [0.717, 1.165) is 18.0 Å². The van der Waals surface area contributed by atoms with E-state index >= 15 is 0 Å². The number of hydrogen-bond acceptors (Lipinski definition) is 3. The van der Waals surface area contributed by atoms with Crippen molar-refractivity contribution in [3.63, 3.8) is 0 Å². The minimum atomic E-state index is -4.33. The average molecular weight is 340 g/mol. The molecular weight excluding hydrogens is 321 g/mol. The van der Waals surface area contributed by atoms with E-state index in [4.69, 9.17) is 0 Å². The number of aromatic nitrogens is 3. The van der Waals surface area contributed by atoms with Gasteiger partial charge in [-0.1, -0.05) is 12.1 Å². The van der Waals surface area contributed by atoms with Crippen molar-refractivity contribution in [1.82, 2.24) is 25.4 Å². The van der Waals surface area contributed by atoms with Crippen molar-refractivity contribution in [2.75, 3.05) is 6.54 Å². The molecule has 0 spiro atoms. The minimum Gasteiger partial charge on any atom is -0.357 e. The van der Waals surface area contributed by atoms with Gasteiger partial charge in [0.05, 0.1) is 18.7 Å². The molecule has 0 saturated carbocycles. The van der Waals surface area contributed by atoms with Crippen LogP contribution in [0.1, 0.15) is 23.9 Å². The van der Waals surface area contributed by atoms with Gasteiger partial charge < -0.3 is 10.6 Å². The number of guanidine groups is 1. The van der Waals surface area contributed by atoms with Crippen LogP contribution < -0.4 is 10.6 Å². The Morgan fingerprint density at radius 3 is 2.46 bits per heavy atom. The Balaban J connectivity index is 1.98. The van der Waals surface area contributed by atoms with Gasteiger partial charge in [-0.15, -0.1) is 0 Å². The molecule has 0 radical (unpaired) electrons. The second-order valence-corrected chi connectivity index (χ2v) is 5.04. The lowest BCUT2D eigenvalue weighted by atomic mass is 10.1. The predicted molar refractivity (Wildman–Crippen MR) is 84.1 cm³/mol. The molecule has 24 heavy (non-hydrogen) atoms. The molecular formula is C15H19F3N6. The molecule has 0 fully saturated rings. The normalized spacial score (nSPS) is 12.3. The van der Waals surface area contributed by atoms with Crippen molar-refractivity contribution < 1.29 is 13.2 Å². The molecule has 0 saturated heterocycles. The summed E-state index contributed by atoms with van der Waals surface area (Å²) in [5.41, 5.74) is 0.0291. The first-order valence-corrected chi connectivity index (χ1v) is 7.41. The lowest BCUT2D eigenvalue weighted by Crippen LogP contribution is -2.37. The molecule has 0 aliphatic carbocycles. The number of hydrogen-bond donors (Lipinski definition) is 2. The summed E-state index contributed by atoms with van der Waals surface area (Å²) in [5.74, 6) is 1.30. The Labute approximate surface area is 137 Å². The topological polar surface area (TPSA) is 67.1 Å². The monoisotopic (exact) mass is 340 g/mol. The van der Waals surface area contributed by atoms with Crippen molar-refractivity contribution >= 4 is 5.96 Å². The molecule has 0 atom stereocenters. The van der Waals surface area contributed by atoms with E-state index in [1.54, 1.807) is 11.7 Å². The van der Waals surface area contributed by atoms with Crippen molar-refractivity contribution in [3.05, 3.63) is 47.5 Å². The third-order valence-corrected chi connectivity index (χ3v) is 3.26. The Morgan fingerprint density at radius 2 is 1.92 bits per heavy atom. The zero-order valence-corrected chi connectivity index (χ0v) is 13.4. The number of halogens is 3. The molecule has 1 aromatic heterocycles. The molecule has 1 aromatic carbocycles. The van der Waals surface area contributed by atoms with Crippen LogP contribution in [0.5, 0.6) is 0 Å². The summed E-state index contributed by atoms with van der Waals surface area (Å²) in [7, 11) is 1.79. The number of aryl methyl sites for hydroxylation is 1. The third kappa shape index (κ3) is 4.97. The molecule has 2 aromatic rings. The highest BCUT2D eigenvalue weighted by atomic mass is 19.4. The molecule has 9 heteroatoms. The van der Waals surface area contributed by atoms with Crippen LogP contribution in [0.3, 0.4) is 0 Å². The molecule has 1 heterocycles. The third-order valence-electron chi connectivity index (χ3n) is 3.26. The van der Waals surface area contributed by atoms with Gasteiger partial charge in [-0.25, -0.2) is 9.98 Å². The van der Waals surface area contributed by atoms with E-state index in [-0.39, 0.29) is 6.54 Å². The summed E-state index contributed by atoms with van der Waals surface area (Å²) in [6.07, 6.45) is -2.86. The van der Waals surface area contributed by atoms with E-state index in [1.807, 2.05) is 6.92 Å². The van der Waals surface area contributed by atoms with Crippen LogP contribution in [-0.2, 0) is 26.3 Å². The summed E-state index contributed by atoms with van der Waals surface area (Å²) in [5, 5.41) is 10.2. The number of nitrogens with one attached hydrogen (secondary N) is 2. The first-order valence-electron chi connectivity index (χ1n) is 7.41. The smallest absolute Gasteiger partial charge is 0.357 e. The Morgan fingerprint density at radius 1 is 1.21 bits per heavy atom. The SMILES string of the molecule is CCNC(=NCc1ccc(C(F)(F)F)cc1)NCc1ncnn1C. The second kappa shape index (κ2) is 7.80. The maximum Gasteiger partial charge on any atom is 0.416 e. The van der Waals surface area contributed by atoms with E-state index in [9.17, 15) is 13.2 Å². The molecule has 2 rings (SSSR count). The fourth-order valence-corrected chi connectivity index (χ4v) is 1.95. The summed E-state index contributed by atoms with van der Waals surface area (Å²) in [4.78, 5) is 8.46. The number of benzene rings is 1. The highest BCUT2D eigenvalue weighted by Gasteiger charge is 2.29. The molecule has 0 amide bonds. The zero-order chi connectivity index (χ0) is 17.6. The van der Waals surface area contributed by atoms with Gasteiger partial charge in [0.15, 0.2) is 5.96 Å². The van der Waals surface area contributed by atoms with E-state index < -0.39 is 11.7 Å². The van der Waals surface area contributed by atoms with Crippen LogP contribution in [-0.4, -0.2) is 27.3 Å². The van der Waals surface area contributed by atoms with E-state index in [0.29, 0.717) is 24.6 Å². The van der Waals surface area contributed by atoms with Gasteiger partial charge in [-0.2, -0.15) is 18.3 Å².